The maximum atomic E-state index is 12.5. The molecular weight excluding hydrogens is 396 g/mol. The van der Waals surface area contributed by atoms with Crippen molar-refractivity contribution in [3.05, 3.63) is 76.2 Å². The zero-order valence-electron chi connectivity index (χ0n) is 14.0. The topological polar surface area (TPSA) is 68.3 Å². The van der Waals surface area contributed by atoms with Gasteiger partial charge in [0.1, 0.15) is 11.3 Å². The van der Waals surface area contributed by atoms with Crippen molar-refractivity contribution in [1.29, 1.82) is 0 Å². The van der Waals surface area contributed by atoms with Gasteiger partial charge in [-0.2, -0.15) is 0 Å². The Kier molecular flexibility index (Phi) is 4.34. The van der Waals surface area contributed by atoms with E-state index < -0.39 is 0 Å². The number of benzene rings is 2. The van der Waals surface area contributed by atoms with E-state index in [1.54, 1.807) is 0 Å². The zero-order valence-corrected chi connectivity index (χ0v) is 15.5. The van der Waals surface area contributed by atoms with E-state index >= 15 is 0 Å². The van der Waals surface area contributed by atoms with Gasteiger partial charge in [-0.05, 0) is 25.1 Å². The summed E-state index contributed by atoms with van der Waals surface area (Å²) in [4.78, 5) is 12.5. The van der Waals surface area contributed by atoms with Gasteiger partial charge in [0.05, 0.1) is 6.54 Å². The monoisotopic (exact) mass is 410 g/mol. The molecule has 6 heteroatoms. The summed E-state index contributed by atoms with van der Waals surface area (Å²) in [7, 11) is 0. The molecule has 1 amide bonds. The molecule has 0 saturated carbocycles. The number of carbonyl (C=O) groups is 1. The molecule has 0 radical (unpaired) electrons. The molecule has 0 aliphatic rings. The third kappa shape index (κ3) is 3.15. The Morgan fingerprint density at radius 2 is 1.96 bits per heavy atom. The first-order valence-electron chi connectivity index (χ1n) is 8.09. The summed E-state index contributed by atoms with van der Waals surface area (Å²) in [6, 6.07) is 17.2. The molecule has 0 aliphatic carbocycles. The van der Waals surface area contributed by atoms with Crippen LogP contribution in [0.5, 0.6) is 0 Å². The lowest BCUT2D eigenvalue weighted by molar-refractivity contribution is 0.0920. The highest BCUT2D eigenvalue weighted by Gasteiger charge is 2.18. The van der Waals surface area contributed by atoms with Crippen molar-refractivity contribution in [2.24, 2.45) is 0 Å². The van der Waals surface area contributed by atoms with E-state index in [-0.39, 0.29) is 12.5 Å². The van der Waals surface area contributed by atoms with Crippen LogP contribution in [0.3, 0.4) is 0 Å². The molecule has 4 rings (SSSR count). The number of nitrogens with zero attached hydrogens (tertiary/aromatic N) is 1. The van der Waals surface area contributed by atoms with Crippen molar-refractivity contribution < 1.29 is 13.7 Å². The number of rotatable bonds is 4. The van der Waals surface area contributed by atoms with Gasteiger partial charge in [0.25, 0.3) is 5.91 Å². The van der Waals surface area contributed by atoms with Crippen LogP contribution >= 0.6 is 15.9 Å². The van der Waals surface area contributed by atoms with Gasteiger partial charge in [0, 0.05) is 27.1 Å². The van der Waals surface area contributed by atoms with Crippen LogP contribution in [0.2, 0.25) is 0 Å². The fourth-order valence-corrected chi connectivity index (χ4v) is 3.14. The molecule has 2 aromatic carbocycles. The number of amides is 1. The minimum Gasteiger partial charge on any atom is -0.451 e. The molecule has 2 heterocycles. The van der Waals surface area contributed by atoms with Gasteiger partial charge in [-0.3, -0.25) is 4.79 Å². The lowest BCUT2D eigenvalue weighted by Crippen LogP contribution is -2.22. The molecule has 0 spiro atoms. The van der Waals surface area contributed by atoms with Crippen LogP contribution in [0.4, 0.5) is 0 Å². The van der Waals surface area contributed by atoms with Crippen molar-refractivity contribution >= 4 is 32.8 Å². The lowest BCUT2D eigenvalue weighted by atomic mass is 10.1. The number of aryl methyl sites for hydroxylation is 1. The first kappa shape index (κ1) is 16.6. The fourth-order valence-electron chi connectivity index (χ4n) is 2.80. The minimum absolute atomic E-state index is 0.235. The summed E-state index contributed by atoms with van der Waals surface area (Å²) >= 11 is 3.41. The molecular formula is C20H15BrN2O3. The summed E-state index contributed by atoms with van der Waals surface area (Å²) in [5.41, 5.74) is 3.19. The zero-order chi connectivity index (χ0) is 18.1. The minimum atomic E-state index is -0.285. The molecule has 0 fully saturated rings. The molecule has 2 aromatic heterocycles. The second kappa shape index (κ2) is 6.80. The molecule has 26 heavy (non-hydrogen) atoms. The summed E-state index contributed by atoms with van der Waals surface area (Å²) in [6.45, 7) is 2.11. The van der Waals surface area contributed by atoms with Gasteiger partial charge in [-0.25, -0.2) is 0 Å². The average molecular weight is 411 g/mol. The largest absolute Gasteiger partial charge is 0.451 e. The van der Waals surface area contributed by atoms with Crippen LogP contribution in [-0.4, -0.2) is 11.1 Å². The number of hydrogen-bond acceptors (Lipinski definition) is 4. The standard InChI is InChI=1S/C20H15BrN2O3/c1-12-16-8-7-14(21)9-18(16)25-19(12)20(24)22-11-15-10-17(23-26-15)13-5-3-2-4-6-13/h2-10H,11H2,1H3,(H,22,24). The first-order valence-corrected chi connectivity index (χ1v) is 8.89. The maximum Gasteiger partial charge on any atom is 0.287 e. The van der Waals surface area contributed by atoms with E-state index in [0.717, 1.165) is 26.7 Å². The predicted molar refractivity (Wildman–Crippen MR) is 102 cm³/mol. The average Bonchev–Trinajstić information content (AvgIpc) is 3.25. The highest BCUT2D eigenvalue weighted by atomic mass is 79.9. The first-order chi connectivity index (χ1) is 12.6. The van der Waals surface area contributed by atoms with Gasteiger partial charge < -0.3 is 14.3 Å². The molecule has 0 saturated heterocycles. The van der Waals surface area contributed by atoms with Crippen molar-refractivity contribution in [2.45, 2.75) is 13.5 Å². The molecule has 1 N–H and O–H groups in total. The molecule has 5 nitrogen and oxygen atoms in total. The molecule has 4 aromatic rings. The van der Waals surface area contributed by atoms with Crippen molar-refractivity contribution in [2.75, 3.05) is 0 Å². The quantitative estimate of drug-likeness (QED) is 0.508. The van der Waals surface area contributed by atoms with Gasteiger partial charge in [-0.1, -0.05) is 51.4 Å². The fraction of sp³-hybridized carbons (Fsp3) is 0.100. The Labute approximate surface area is 158 Å². The Bertz CT molecular complexity index is 1080. The summed E-state index contributed by atoms with van der Waals surface area (Å²) in [5, 5.41) is 7.78. The molecule has 0 aliphatic heterocycles. The summed E-state index contributed by atoms with van der Waals surface area (Å²) in [6.07, 6.45) is 0. The van der Waals surface area contributed by atoms with E-state index in [1.165, 1.54) is 0 Å². The van der Waals surface area contributed by atoms with Crippen LogP contribution in [0.25, 0.3) is 22.2 Å². The molecule has 0 unspecified atom stereocenters. The van der Waals surface area contributed by atoms with Crippen LogP contribution in [0.1, 0.15) is 21.9 Å². The van der Waals surface area contributed by atoms with Gasteiger partial charge in [0.2, 0.25) is 0 Å². The van der Waals surface area contributed by atoms with Crippen LogP contribution in [0.15, 0.2) is 68.0 Å². The third-order valence-electron chi connectivity index (χ3n) is 4.16. The second-order valence-electron chi connectivity index (χ2n) is 5.92. The van der Waals surface area contributed by atoms with Crippen LogP contribution in [-0.2, 0) is 6.54 Å². The number of hydrogen-bond donors (Lipinski definition) is 1. The predicted octanol–water partition coefficient (Wildman–Crippen LogP) is 5.09. The smallest absolute Gasteiger partial charge is 0.287 e. The molecule has 130 valence electrons. The number of carbonyl (C=O) groups excluding carboxylic acids is 1. The molecule has 0 bridgehead atoms. The number of furan rings is 1. The van der Waals surface area contributed by atoms with E-state index in [4.69, 9.17) is 8.94 Å². The SMILES string of the molecule is Cc1c(C(=O)NCc2cc(-c3ccccc3)no2)oc2cc(Br)ccc12. The lowest BCUT2D eigenvalue weighted by Gasteiger charge is -2.00. The van der Waals surface area contributed by atoms with Crippen molar-refractivity contribution in [1.82, 2.24) is 10.5 Å². The number of aromatic nitrogens is 1. The Morgan fingerprint density at radius 1 is 1.15 bits per heavy atom. The Balaban J connectivity index is 1.49. The maximum absolute atomic E-state index is 12.5. The van der Waals surface area contributed by atoms with Gasteiger partial charge in [0.15, 0.2) is 11.5 Å². The van der Waals surface area contributed by atoms with E-state index in [1.807, 2.05) is 61.5 Å². The van der Waals surface area contributed by atoms with Gasteiger partial charge in [-0.15, -0.1) is 0 Å². The summed E-state index contributed by atoms with van der Waals surface area (Å²) < 4.78 is 11.9. The third-order valence-corrected chi connectivity index (χ3v) is 4.65. The van der Waals surface area contributed by atoms with E-state index in [2.05, 4.69) is 26.4 Å². The number of fused-ring (bicyclic) bond motifs is 1. The number of halogens is 1. The normalized spacial score (nSPS) is 11.0. The van der Waals surface area contributed by atoms with Crippen LogP contribution in [0, 0.1) is 6.92 Å². The van der Waals surface area contributed by atoms with E-state index in [9.17, 15) is 4.79 Å². The highest BCUT2D eigenvalue weighted by Crippen LogP contribution is 2.28. The van der Waals surface area contributed by atoms with Crippen molar-refractivity contribution in [3.8, 4) is 11.3 Å². The van der Waals surface area contributed by atoms with Crippen molar-refractivity contribution in [3.63, 3.8) is 0 Å². The number of nitrogens with one attached hydrogen (secondary N) is 1. The van der Waals surface area contributed by atoms with E-state index in [0.29, 0.717) is 17.1 Å². The van der Waals surface area contributed by atoms with Crippen LogP contribution < -0.4 is 5.32 Å². The Morgan fingerprint density at radius 3 is 2.77 bits per heavy atom. The summed E-state index contributed by atoms with van der Waals surface area (Å²) in [5.74, 6) is 0.599. The van der Waals surface area contributed by atoms with Gasteiger partial charge >= 0.3 is 0 Å². The second-order valence-corrected chi connectivity index (χ2v) is 6.84. The molecule has 0 atom stereocenters. The Hall–Kier alpha value is -2.86. The highest BCUT2D eigenvalue weighted by molar-refractivity contribution is 9.10.